The molecule has 0 heterocycles. The van der Waals surface area contributed by atoms with Gasteiger partial charge in [0.05, 0.1) is 5.75 Å². The number of urea groups is 1. The number of hydrogen-bond donors (Lipinski definition) is 3. The van der Waals surface area contributed by atoms with Crippen LogP contribution in [-0.2, 0) is 9.53 Å². The second-order valence-electron chi connectivity index (χ2n) is 3.68. The van der Waals surface area contributed by atoms with Crippen molar-refractivity contribution >= 4 is 23.8 Å². The van der Waals surface area contributed by atoms with Crippen molar-refractivity contribution in [2.75, 3.05) is 31.8 Å². The number of ether oxygens (including phenoxy) is 1. The number of methoxy groups -OCH3 is 1. The third-order valence-corrected chi connectivity index (χ3v) is 3.03. The zero-order valence-electron chi connectivity index (χ0n) is 11.0. The van der Waals surface area contributed by atoms with Crippen LogP contribution in [0.4, 0.5) is 4.79 Å². The summed E-state index contributed by atoms with van der Waals surface area (Å²) >= 11 is 1.53. The zero-order chi connectivity index (χ0) is 14.5. The van der Waals surface area contributed by atoms with E-state index in [1.54, 1.807) is 7.11 Å². The van der Waals surface area contributed by atoms with Gasteiger partial charge in [-0.3, -0.25) is 0 Å². The van der Waals surface area contributed by atoms with E-state index in [1.807, 2.05) is 0 Å². The van der Waals surface area contributed by atoms with Crippen LogP contribution in [0.1, 0.15) is 12.8 Å². The van der Waals surface area contributed by atoms with Crippen molar-refractivity contribution in [3.63, 3.8) is 0 Å². The molecular weight excluding hydrogens is 268 g/mol. The number of thioether (sulfide) groups is 1. The molecule has 0 aromatic rings. The number of rotatable bonds is 10. The number of terminal acetylenes is 1. The number of carbonyl (C=O) groups excluding carboxylic acids is 1. The average Bonchev–Trinajstić information content (AvgIpc) is 2.37. The summed E-state index contributed by atoms with van der Waals surface area (Å²) in [5, 5.41) is 13.9. The summed E-state index contributed by atoms with van der Waals surface area (Å²) in [4.78, 5) is 22.4. The van der Waals surface area contributed by atoms with E-state index < -0.39 is 18.0 Å². The summed E-state index contributed by atoms with van der Waals surface area (Å²) in [7, 11) is 1.55. The first-order chi connectivity index (χ1) is 9.11. The molecule has 0 aliphatic heterocycles. The van der Waals surface area contributed by atoms with Crippen LogP contribution in [0.2, 0.25) is 0 Å². The van der Waals surface area contributed by atoms with Crippen LogP contribution in [-0.4, -0.2) is 54.9 Å². The standard InChI is InChI=1S/C12H20N2O4S/c1-3-8-19-9-6-13-12(17)14-10(11(15)16)5-4-7-18-2/h1,10H,4-9H2,2H3,(H,15,16)(H2,13,14,17). The lowest BCUT2D eigenvalue weighted by Crippen LogP contribution is -2.46. The highest BCUT2D eigenvalue weighted by atomic mass is 32.2. The molecule has 0 spiro atoms. The van der Waals surface area contributed by atoms with E-state index in [9.17, 15) is 9.59 Å². The van der Waals surface area contributed by atoms with Crippen LogP contribution >= 0.6 is 11.8 Å². The molecule has 0 rings (SSSR count). The largest absolute Gasteiger partial charge is 0.480 e. The molecule has 0 aromatic heterocycles. The van der Waals surface area contributed by atoms with Gasteiger partial charge in [0.2, 0.25) is 0 Å². The van der Waals surface area contributed by atoms with Crippen molar-refractivity contribution in [3.05, 3.63) is 0 Å². The summed E-state index contributed by atoms with van der Waals surface area (Å²) in [6, 6.07) is -1.38. The molecule has 7 heteroatoms. The van der Waals surface area contributed by atoms with Gasteiger partial charge >= 0.3 is 12.0 Å². The number of carboxylic acid groups (broad SMARTS) is 1. The van der Waals surface area contributed by atoms with Crippen molar-refractivity contribution in [2.24, 2.45) is 0 Å². The highest BCUT2D eigenvalue weighted by Crippen LogP contribution is 1.98. The fourth-order valence-corrected chi connectivity index (χ4v) is 1.77. The van der Waals surface area contributed by atoms with E-state index in [1.165, 1.54) is 11.8 Å². The van der Waals surface area contributed by atoms with Crippen molar-refractivity contribution in [1.29, 1.82) is 0 Å². The minimum atomic E-state index is -1.05. The third kappa shape index (κ3) is 10.2. The summed E-state index contributed by atoms with van der Waals surface area (Å²) in [5.41, 5.74) is 0. The Hall–Kier alpha value is -1.39. The molecule has 0 saturated carbocycles. The Kier molecular flexibility index (Phi) is 10.8. The second kappa shape index (κ2) is 11.7. The van der Waals surface area contributed by atoms with Crippen molar-refractivity contribution in [3.8, 4) is 12.3 Å². The van der Waals surface area contributed by atoms with Gasteiger partial charge in [-0.1, -0.05) is 5.92 Å². The van der Waals surface area contributed by atoms with Gasteiger partial charge in [0, 0.05) is 26.0 Å². The molecular formula is C12H20N2O4S. The Morgan fingerprint density at radius 2 is 2.26 bits per heavy atom. The summed E-state index contributed by atoms with van der Waals surface area (Å²) < 4.78 is 4.84. The fourth-order valence-electron chi connectivity index (χ4n) is 1.27. The van der Waals surface area contributed by atoms with Crippen LogP contribution in [0.15, 0.2) is 0 Å². The van der Waals surface area contributed by atoms with Crippen molar-refractivity contribution < 1.29 is 19.4 Å². The number of nitrogens with one attached hydrogen (secondary N) is 2. The molecule has 19 heavy (non-hydrogen) atoms. The molecule has 1 atom stereocenters. The maximum atomic E-state index is 11.5. The molecule has 0 fully saturated rings. The number of amides is 2. The average molecular weight is 288 g/mol. The molecule has 0 aliphatic rings. The first kappa shape index (κ1) is 17.6. The van der Waals surface area contributed by atoms with Crippen LogP contribution in [0.3, 0.4) is 0 Å². The molecule has 0 radical (unpaired) electrons. The van der Waals surface area contributed by atoms with Crippen LogP contribution in [0.5, 0.6) is 0 Å². The SMILES string of the molecule is C#CCSCCNC(=O)NC(CCCOC)C(=O)O. The highest BCUT2D eigenvalue weighted by Gasteiger charge is 2.18. The first-order valence-electron chi connectivity index (χ1n) is 5.89. The Balaban J connectivity index is 3.84. The number of aliphatic carboxylic acids is 1. The summed E-state index contributed by atoms with van der Waals surface area (Å²) in [5.74, 6) is 2.72. The Morgan fingerprint density at radius 3 is 2.84 bits per heavy atom. The molecule has 0 aromatic carbocycles. The summed E-state index contributed by atoms with van der Waals surface area (Å²) in [6.45, 7) is 0.915. The van der Waals surface area contributed by atoms with Gasteiger partial charge in [0.15, 0.2) is 0 Å². The molecule has 2 amide bonds. The Labute approximate surface area is 117 Å². The monoisotopic (exact) mass is 288 g/mol. The summed E-state index contributed by atoms with van der Waals surface area (Å²) in [6.07, 6.45) is 5.99. The van der Waals surface area contributed by atoms with Gasteiger partial charge < -0.3 is 20.5 Å². The minimum absolute atomic E-state index is 0.336. The number of carbonyl (C=O) groups is 2. The molecule has 0 aliphatic carbocycles. The third-order valence-electron chi connectivity index (χ3n) is 2.16. The van der Waals surface area contributed by atoms with E-state index in [-0.39, 0.29) is 0 Å². The van der Waals surface area contributed by atoms with Gasteiger partial charge in [0.25, 0.3) is 0 Å². The second-order valence-corrected chi connectivity index (χ2v) is 4.79. The molecule has 0 saturated heterocycles. The first-order valence-corrected chi connectivity index (χ1v) is 7.04. The zero-order valence-corrected chi connectivity index (χ0v) is 11.8. The number of hydrogen-bond acceptors (Lipinski definition) is 4. The maximum Gasteiger partial charge on any atom is 0.326 e. The van der Waals surface area contributed by atoms with E-state index in [0.717, 1.165) is 0 Å². The van der Waals surface area contributed by atoms with Gasteiger partial charge in [-0.25, -0.2) is 9.59 Å². The van der Waals surface area contributed by atoms with Crippen molar-refractivity contribution in [1.82, 2.24) is 10.6 Å². The topological polar surface area (TPSA) is 87.7 Å². The maximum absolute atomic E-state index is 11.5. The molecule has 0 bridgehead atoms. The predicted molar refractivity (Wildman–Crippen MR) is 75.2 cm³/mol. The van der Waals surface area contributed by atoms with Gasteiger partial charge in [-0.15, -0.1) is 18.2 Å². The predicted octanol–water partition coefficient (Wildman–Crippen LogP) is 0.532. The Morgan fingerprint density at radius 1 is 1.53 bits per heavy atom. The van der Waals surface area contributed by atoms with Crippen LogP contribution in [0.25, 0.3) is 0 Å². The van der Waals surface area contributed by atoms with Gasteiger partial charge in [-0.05, 0) is 12.8 Å². The van der Waals surface area contributed by atoms with E-state index in [0.29, 0.717) is 37.5 Å². The smallest absolute Gasteiger partial charge is 0.326 e. The molecule has 1 unspecified atom stereocenters. The molecule has 108 valence electrons. The lowest BCUT2D eigenvalue weighted by atomic mass is 10.1. The van der Waals surface area contributed by atoms with E-state index >= 15 is 0 Å². The van der Waals surface area contributed by atoms with E-state index in [2.05, 4.69) is 16.6 Å². The fraction of sp³-hybridized carbons (Fsp3) is 0.667. The van der Waals surface area contributed by atoms with Gasteiger partial charge in [-0.2, -0.15) is 0 Å². The molecule has 6 nitrogen and oxygen atoms in total. The Bertz CT molecular complexity index is 317. The normalized spacial score (nSPS) is 11.4. The highest BCUT2D eigenvalue weighted by molar-refractivity contribution is 7.99. The lowest BCUT2D eigenvalue weighted by molar-refractivity contribution is -0.139. The van der Waals surface area contributed by atoms with Crippen LogP contribution in [0, 0.1) is 12.3 Å². The van der Waals surface area contributed by atoms with Gasteiger partial charge in [0.1, 0.15) is 6.04 Å². The number of carboxylic acids is 1. The quantitative estimate of drug-likeness (QED) is 0.403. The lowest BCUT2D eigenvalue weighted by Gasteiger charge is -2.14. The van der Waals surface area contributed by atoms with Crippen LogP contribution < -0.4 is 10.6 Å². The van der Waals surface area contributed by atoms with Crippen molar-refractivity contribution in [2.45, 2.75) is 18.9 Å². The molecule has 3 N–H and O–H groups in total. The minimum Gasteiger partial charge on any atom is -0.480 e. The van der Waals surface area contributed by atoms with E-state index in [4.69, 9.17) is 16.3 Å².